The molecule has 0 heterocycles. The van der Waals surface area contributed by atoms with Crippen molar-refractivity contribution in [3.05, 3.63) is 11.0 Å². The average molecular weight is 172 g/mol. The summed E-state index contributed by atoms with van der Waals surface area (Å²) in [7, 11) is 0. The highest BCUT2D eigenvalue weighted by Crippen LogP contribution is 2.45. The minimum atomic E-state index is -1.67. The SMILES string of the molecule is O=S(O)C1=CC1C1CCCC1. The van der Waals surface area contributed by atoms with Crippen LogP contribution in [0.25, 0.3) is 0 Å². The second-order valence-corrected chi connectivity index (χ2v) is 4.36. The maximum Gasteiger partial charge on any atom is 0.182 e. The molecule has 0 amide bonds. The largest absolute Gasteiger partial charge is 0.302 e. The summed E-state index contributed by atoms with van der Waals surface area (Å²) in [6.07, 6.45) is 7.07. The van der Waals surface area contributed by atoms with Crippen molar-refractivity contribution in [1.82, 2.24) is 0 Å². The summed E-state index contributed by atoms with van der Waals surface area (Å²) in [4.78, 5) is 0.775. The molecule has 0 bridgehead atoms. The molecule has 62 valence electrons. The Morgan fingerprint density at radius 3 is 2.55 bits per heavy atom. The van der Waals surface area contributed by atoms with Crippen molar-refractivity contribution >= 4 is 11.1 Å². The van der Waals surface area contributed by atoms with Gasteiger partial charge in [-0.1, -0.05) is 18.9 Å². The molecule has 2 nitrogen and oxygen atoms in total. The molecule has 0 aromatic carbocycles. The Morgan fingerprint density at radius 1 is 1.45 bits per heavy atom. The van der Waals surface area contributed by atoms with Crippen molar-refractivity contribution in [3.63, 3.8) is 0 Å². The lowest BCUT2D eigenvalue weighted by molar-refractivity contribution is 0.499. The van der Waals surface area contributed by atoms with Crippen LogP contribution in [0.3, 0.4) is 0 Å². The maximum atomic E-state index is 10.6. The summed E-state index contributed by atoms with van der Waals surface area (Å²) < 4.78 is 19.3. The average Bonchev–Trinajstić information content (AvgIpc) is 2.60. The van der Waals surface area contributed by atoms with Gasteiger partial charge in [-0.25, -0.2) is 4.21 Å². The summed E-state index contributed by atoms with van der Waals surface area (Å²) in [5.41, 5.74) is 0. The van der Waals surface area contributed by atoms with Crippen LogP contribution in [0.15, 0.2) is 11.0 Å². The van der Waals surface area contributed by atoms with Crippen molar-refractivity contribution in [2.75, 3.05) is 0 Å². The summed E-state index contributed by atoms with van der Waals surface area (Å²) in [5, 5.41) is 0. The molecule has 0 spiro atoms. The Morgan fingerprint density at radius 2 is 2.09 bits per heavy atom. The first-order valence-electron chi connectivity index (χ1n) is 4.11. The quantitative estimate of drug-likeness (QED) is 0.646. The lowest BCUT2D eigenvalue weighted by Crippen LogP contribution is -2.00. The highest BCUT2D eigenvalue weighted by molar-refractivity contribution is 7.83. The fourth-order valence-corrected chi connectivity index (χ4v) is 2.68. The van der Waals surface area contributed by atoms with Crippen molar-refractivity contribution in [2.24, 2.45) is 11.8 Å². The lowest BCUT2D eigenvalue weighted by atomic mass is 10.0. The van der Waals surface area contributed by atoms with Crippen molar-refractivity contribution in [1.29, 1.82) is 0 Å². The Hall–Kier alpha value is -0.150. The molecule has 2 aliphatic rings. The molecule has 0 saturated heterocycles. The van der Waals surface area contributed by atoms with Crippen LogP contribution < -0.4 is 0 Å². The predicted octanol–water partition coefficient (Wildman–Crippen LogP) is 1.91. The van der Waals surface area contributed by atoms with Crippen LogP contribution >= 0.6 is 0 Å². The second kappa shape index (κ2) is 2.72. The third-order valence-corrected chi connectivity index (χ3v) is 3.48. The zero-order valence-electron chi connectivity index (χ0n) is 6.32. The Kier molecular flexibility index (Phi) is 1.85. The smallest absolute Gasteiger partial charge is 0.182 e. The Balaban J connectivity index is 1.88. The molecule has 2 unspecified atom stereocenters. The van der Waals surface area contributed by atoms with E-state index < -0.39 is 11.1 Å². The van der Waals surface area contributed by atoms with Gasteiger partial charge < -0.3 is 4.55 Å². The number of hydrogen-bond acceptors (Lipinski definition) is 1. The van der Waals surface area contributed by atoms with E-state index in [-0.39, 0.29) is 0 Å². The van der Waals surface area contributed by atoms with E-state index in [0.717, 1.165) is 4.91 Å². The van der Waals surface area contributed by atoms with Gasteiger partial charge in [0.25, 0.3) is 0 Å². The molecule has 2 aliphatic carbocycles. The molecule has 0 aromatic heterocycles. The van der Waals surface area contributed by atoms with E-state index in [1.807, 2.05) is 6.08 Å². The van der Waals surface area contributed by atoms with E-state index in [1.54, 1.807) is 0 Å². The van der Waals surface area contributed by atoms with Crippen molar-refractivity contribution in [3.8, 4) is 0 Å². The van der Waals surface area contributed by atoms with E-state index >= 15 is 0 Å². The summed E-state index contributed by atoms with van der Waals surface area (Å²) in [6, 6.07) is 0. The molecule has 0 aromatic rings. The van der Waals surface area contributed by atoms with Gasteiger partial charge in [0.05, 0.1) is 0 Å². The molecule has 0 radical (unpaired) electrons. The van der Waals surface area contributed by atoms with Gasteiger partial charge in [0.2, 0.25) is 0 Å². The van der Waals surface area contributed by atoms with Gasteiger partial charge in [0.15, 0.2) is 11.1 Å². The van der Waals surface area contributed by atoms with E-state index in [1.165, 1.54) is 25.7 Å². The maximum absolute atomic E-state index is 10.6. The Bertz CT molecular complexity index is 216. The van der Waals surface area contributed by atoms with Gasteiger partial charge in [-0.05, 0) is 18.8 Å². The lowest BCUT2D eigenvalue weighted by Gasteiger charge is -2.05. The fourth-order valence-electron chi connectivity index (χ4n) is 1.99. The molecule has 1 N–H and O–H groups in total. The van der Waals surface area contributed by atoms with Crippen molar-refractivity contribution in [2.45, 2.75) is 25.7 Å². The van der Waals surface area contributed by atoms with Crippen LogP contribution in [0.4, 0.5) is 0 Å². The minimum absolute atomic E-state index is 0.392. The van der Waals surface area contributed by atoms with Gasteiger partial charge >= 0.3 is 0 Å². The molecule has 1 fully saturated rings. The molecule has 1 saturated carbocycles. The summed E-state index contributed by atoms with van der Waals surface area (Å²) >= 11 is -1.67. The van der Waals surface area contributed by atoms with Crippen LogP contribution in [0.5, 0.6) is 0 Å². The fraction of sp³-hybridized carbons (Fsp3) is 0.750. The predicted molar refractivity (Wildman–Crippen MR) is 44.3 cm³/mol. The topological polar surface area (TPSA) is 37.3 Å². The van der Waals surface area contributed by atoms with Crippen LogP contribution in [0.1, 0.15) is 25.7 Å². The molecular formula is C8H12O2S. The van der Waals surface area contributed by atoms with Crippen molar-refractivity contribution < 1.29 is 8.76 Å². The number of rotatable bonds is 2. The van der Waals surface area contributed by atoms with Crippen LogP contribution in [-0.2, 0) is 11.1 Å². The van der Waals surface area contributed by atoms with Gasteiger partial charge in [-0.2, -0.15) is 0 Å². The molecule has 3 heteroatoms. The molecule has 0 aliphatic heterocycles. The molecule has 2 atom stereocenters. The minimum Gasteiger partial charge on any atom is -0.302 e. The van der Waals surface area contributed by atoms with Gasteiger partial charge in [-0.15, -0.1) is 0 Å². The zero-order chi connectivity index (χ0) is 7.84. The number of hydrogen-bond donors (Lipinski definition) is 1. The normalized spacial score (nSPS) is 33.5. The molecular weight excluding hydrogens is 160 g/mol. The first-order valence-corrected chi connectivity index (χ1v) is 5.22. The van der Waals surface area contributed by atoms with Crippen LogP contribution in [0.2, 0.25) is 0 Å². The third kappa shape index (κ3) is 1.40. The monoisotopic (exact) mass is 172 g/mol. The molecule has 2 rings (SSSR count). The van der Waals surface area contributed by atoms with Gasteiger partial charge in [0.1, 0.15) is 0 Å². The first kappa shape index (κ1) is 7.50. The summed E-state index contributed by atoms with van der Waals surface area (Å²) in [5.74, 6) is 1.09. The van der Waals surface area contributed by atoms with Crippen LogP contribution in [-0.4, -0.2) is 8.76 Å². The Labute approximate surface area is 69.0 Å². The summed E-state index contributed by atoms with van der Waals surface area (Å²) in [6.45, 7) is 0. The van der Waals surface area contributed by atoms with Gasteiger partial charge in [0, 0.05) is 10.8 Å². The van der Waals surface area contributed by atoms with E-state index in [0.29, 0.717) is 11.8 Å². The highest BCUT2D eigenvalue weighted by Gasteiger charge is 2.37. The van der Waals surface area contributed by atoms with E-state index in [9.17, 15) is 4.21 Å². The van der Waals surface area contributed by atoms with Gasteiger partial charge in [-0.3, -0.25) is 0 Å². The zero-order valence-corrected chi connectivity index (χ0v) is 7.14. The number of allylic oxidation sites excluding steroid dienone is 2. The second-order valence-electron chi connectivity index (χ2n) is 3.39. The standard InChI is InChI=1S/C8H12O2S/c9-11(10)8-5-7(8)6-3-1-2-4-6/h5-7H,1-4H2,(H,9,10). The first-order chi connectivity index (χ1) is 5.29. The van der Waals surface area contributed by atoms with E-state index in [2.05, 4.69) is 0 Å². The highest BCUT2D eigenvalue weighted by atomic mass is 32.2. The molecule has 11 heavy (non-hydrogen) atoms. The van der Waals surface area contributed by atoms with Crippen LogP contribution in [0, 0.1) is 11.8 Å². The third-order valence-electron chi connectivity index (χ3n) is 2.67. The van der Waals surface area contributed by atoms with E-state index in [4.69, 9.17) is 4.55 Å².